The van der Waals surface area contributed by atoms with Crippen LogP contribution in [0.4, 0.5) is 4.79 Å². The number of thioether (sulfide) groups is 1. The summed E-state index contributed by atoms with van der Waals surface area (Å²) in [7, 11) is 0. The summed E-state index contributed by atoms with van der Waals surface area (Å²) < 4.78 is 0. The fourth-order valence-corrected chi connectivity index (χ4v) is 3.89. The number of thiophene rings is 1. The second kappa shape index (κ2) is 6.76. The Hall–Kier alpha value is -2.45. The van der Waals surface area contributed by atoms with Crippen molar-refractivity contribution >= 4 is 45.3 Å². The fourth-order valence-electron chi connectivity index (χ4n) is 2.09. The fraction of sp³-hybridized carbons (Fsp3) is 0.0667. The van der Waals surface area contributed by atoms with Crippen molar-refractivity contribution in [3.05, 3.63) is 42.0 Å². The lowest BCUT2D eigenvalue weighted by molar-refractivity contribution is -0.117. The van der Waals surface area contributed by atoms with Crippen molar-refractivity contribution in [1.29, 1.82) is 0 Å². The predicted octanol–water partition coefficient (Wildman–Crippen LogP) is 2.65. The Morgan fingerprint density at radius 3 is 2.74 bits per heavy atom. The summed E-state index contributed by atoms with van der Waals surface area (Å²) in [6.45, 7) is 0. The monoisotopic (exact) mass is 344 g/mol. The van der Waals surface area contributed by atoms with E-state index in [-0.39, 0.29) is 5.75 Å². The third-order valence-electron chi connectivity index (χ3n) is 3.02. The highest BCUT2D eigenvalue weighted by Gasteiger charge is 2.14. The largest absolute Gasteiger partial charge is 0.351 e. The Labute approximate surface area is 140 Å². The molecule has 0 saturated heterocycles. The number of nitrogens with two attached hydrogens (primary N) is 1. The lowest BCUT2D eigenvalue weighted by atomic mass is 10.1. The zero-order valence-corrected chi connectivity index (χ0v) is 13.5. The standard InChI is InChI=1S/C15H12N4O2S2/c16-15(21)19-11(20)7-23-14-12-10(9-4-2-1-3-5-9)6-22-13(12)17-8-18-14/h1-6,8H,7H2,(H3,16,19,20,21). The van der Waals surface area contributed by atoms with Gasteiger partial charge in [0.2, 0.25) is 5.91 Å². The van der Waals surface area contributed by atoms with E-state index in [0.29, 0.717) is 5.03 Å². The summed E-state index contributed by atoms with van der Waals surface area (Å²) in [6, 6.07) is 9.07. The molecular weight excluding hydrogens is 332 g/mol. The van der Waals surface area contributed by atoms with E-state index in [1.54, 1.807) is 0 Å². The molecule has 1 aromatic carbocycles. The molecule has 0 bridgehead atoms. The second-order valence-corrected chi connectivity index (χ2v) is 6.40. The van der Waals surface area contributed by atoms with E-state index < -0.39 is 11.9 Å². The van der Waals surface area contributed by atoms with Gasteiger partial charge in [-0.2, -0.15) is 0 Å². The number of nitrogens with zero attached hydrogens (tertiary/aromatic N) is 2. The number of benzene rings is 1. The van der Waals surface area contributed by atoms with Crippen molar-refractivity contribution in [3.63, 3.8) is 0 Å². The molecule has 3 amide bonds. The maximum absolute atomic E-state index is 11.6. The van der Waals surface area contributed by atoms with E-state index in [2.05, 4.69) is 9.97 Å². The molecule has 3 N–H and O–H groups in total. The smallest absolute Gasteiger partial charge is 0.318 e. The first-order chi connectivity index (χ1) is 11.1. The first-order valence-electron chi connectivity index (χ1n) is 6.65. The van der Waals surface area contributed by atoms with Gasteiger partial charge in [-0.3, -0.25) is 10.1 Å². The minimum Gasteiger partial charge on any atom is -0.351 e. The Balaban J connectivity index is 1.93. The number of carbonyl (C=O) groups excluding carboxylic acids is 2. The highest BCUT2D eigenvalue weighted by molar-refractivity contribution is 8.00. The van der Waals surface area contributed by atoms with Gasteiger partial charge >= 0.3 is 6.03 Å². The molecule has 0 unspecified atom stereocenters. The third kappa shape index (κ3) is 3.49. The Morgan fingerprint density at radius 2 is 2.00 bits per heavy atom. The van der Waals surface area contributed by atoms with Crippen LogP contribution in [0.3, 0.4) is 0 Å². The number of imide groups is 1. The van der Waals surface area contributed by atoms with E-state index in [0.717, 1.165) is 21.3 Å². The van der Waals surface area contributed by atoms with Crippen molar-refractivity contribution in [2.75, 3.05) is 5.75 Å². The number of fused-ring (bicyclic) bond motifs is 1. The lowest BCUT2D eigenvalue weighted by Crippen LogP contribution is -2.36. The molecule has 23 heavy (non-hydrogen) atoms. The minimum atomic E-state index is -0.857. The first-order valence-corrected chi connectivity index (χ1v) is 8.51. The molecule has 0 aliphatic heterocycles. The summed E-state index contributed by atoms with van der Waals surface area (Å²) in [4.78, 5) is 31.7. The van der Waals surface area contributed by atoms with E-state index in [1.807, 2.05) is 41.0 Å². The number of hydrogen-bond donors (Lipinski definition) is 2. The Morgan fingerprint density at radius 1 is 1.22 bits per heavy atom. The van der Waals surface area contributed by atoms with Gasteiger partial charge in [0.05, 0.1) is 11.1 Å². The van der Waals surface area contributed by atoms with Gasteiger partial charge in [-0.15, -0.1) is 11.3 Å². The van der Waals surface area contributed by atoms with Crippen LogP contribution in [0.2, 0.25) is 0 Å². The molecule has 6 nitrogen and oxygen atoms in total. The molecule has 2 aromatic heterocycles. The molecule has 0 radical (unpaired) electrons. The molecule has 0 saturated carbocycles. The quantitative estimate of drug-likeness (QED) is 0.560. The minimum absolute atomic E-state index is 0.0547. The number of rotatable bonds is 4. The summed E-state index contributed by atoms with van der Waals surface area (Å²) >= 11 is 2.78. The van der Waals surface area contributed by atoms with E-state index in [9.17, 15) is 9.59 Å². The van der Waals surface area contributed by atoms with Crippen LogP contribution >= 0.6 is 23.1 Å². The molecule has 3 rings (SSSR count). The van der Waals surface area contributed by atoms with Crippen molar-refractivity contribution in [2.45, 2.75) is 5.03 Å². The van der Waals surface area contributed by atoms with E-state index in [1.165, 1.54) is 29.4 Å². The maximum atomic E-state index is 11.6. The second-order valence-electron chi connectivity index (χ2n) is 4.58. The highest BCUT2D eigenvalue weighted by Crippen LogP contribution is 2.37. The van der Waals surface area contributed by atoms with Gasteiger partial charge in [0.15, 0.2) is 0 Å². The van der Waals surface area contributed by atoms with Crippen LogP contribution in [-0.4, -0.2) is 27.7 Å². The van der Waals surface area contributed by atoms with Crippen molar-refractivity contribution in [2.24, 2.45) is 5.73 Å². The topological polar surface area (TPSA) is 98.0 Å². The van der Waals surface area contributed by atoms with Crippen LogP contribution in [-0.2, 0) is 4.79 Å². The van der Waals surface area contributed by atoms with E-state index in [4.69, 9.17) is 5.73 Å². The number of hydrogen-bond acceptors (Lipinski definition) is 6. The Bertz CT molecular complexity index is 864. The van der Waals surface area contributed by atoms with Crippen LogP contribution < -0.4 is 11.1 Å². The molecule has 0 fully saturated rings. The zero-order valence-electron chi connectivity index (χ0n) is 11.9. The third-order valence-corrected chi connectivity index (χ3v) is 4.90. The molecule has 0 aliphatic rings. The summed E-state index contributed by atoms with van der Waals surface area (Å²) in [5.74, 6) is -0.398. The van der Waals surface area contributed by atoms with E-state index >= 15 is 0 Å². The van der Waals surface area contributed by atoms with Gasteiger partial charge in [0, 0.05) is 10.9 Å². The number of aromatic nitrogens is 2. The van der Waals surface area contributed by atoms with Gasteiger partial charge in [-0.05, 0) is 5.56 Å². The van der Waals surface area contributed by atoms with Gasteiger partial charge < -0.3 is 5.73 Å². The molecule has 0 aliphatic carbocycles. The van der Waals surface area contributed by atoms with Crippen LogP contribution in [0.5, 0.6) is 0 Å². The van der Waals surface area contributed by atoms with Gasteiger partial charge in [0.1, 0.15) is 16.2 Å². The van der Waals surface area contributed by atoms with Gasteiger partial charge in [-0.1, -0.05) is 42.1 Å². The Kier molecular flexibility index (Phi) is 4.54. The van der Waals surface area contributed by atoms with Gasteiger partial charge in [0.25, 0.3) is 0 Å². The number of amides is 3. The molecule has 0 atom stereocenters. The van der Waals surface area contributed by atoms with Crippen LogP contribution in [0.1, 0.15) is 0 Å². The number of nitrogens with one attached hydrogen (secondary N) is 1. The average molecular weight is 344 g/mol. The maximum Gasteiger partial charge on any atom is 0.318 e. The normalized spacial score (nSPS) is 10.6. The zero-order chi connectivity index (χ0) is 16.2. The van der Waals surface area contributed by atoms with Crippen LogP contribution in [0, 0.1) is 0 Å². The number of primary amides is 1. The van der Waals surface area contributed by atoms with Crippen molar-refractivity contribution in [3.8, 4) is 11.1 Å². The number of carbonyl (C=O) groups is 2. The van der Waals surface area contributed by atoms with Crippen LogP contribution in [0.15, 0.2) is 47.1 Å². The lowest BCUT2D eigenvalue weighted by Gasteiger charge is -2.05. The molecule has 8 heteroatoms. The molecule has 2 heterocycles. The molecule has 3 aromatic rings. The summed E-state index contributed by atoms with van der Waals surface area (Å²) in [6.07, 6.45) is 1.47. The average Bonchev–Trinajstić information content (AvgIpc) is 2.98. The first kappa shape index (κ1) is 15.4. The molecule has 0 spiro atoms. The molecule has 116 valence electrons. The summed E-state index contributed by atoms with van der Waals surface area (Å²) in [5.41, 5.74) is 7.03. The highest BCUT2D eigenvalue weighted by atomic mass is 32.2. The molecular formula is C15H12N4O2S2. The van der Waals surface area contributed by atoms with Crippen molar-refractivity contribution < 1.29 is 9.59 Å². The van der Waals surface area contributed by atoms with Crippen LogP contribution in [0.25, 0.3) is 21.3 Å². The summed E-state index contributed by atoms with van der Waals surface area (Å²) in [5, 5.41) is 5.69. The van der Waals surface area contributed by atoms with Gasteiger partial charge in [-0.25, -0.2) is 14.8 Å². The SMILES string of the molecule is NC(=O)NC(=O)CSc1ncnc2scc(-c3ccccc3)c12. The predicted molar refractivity (Wildman–Crippen MR) is 91.3 cm³/mol. The number of urea groups is 1. The van der Waals surface area contributed by atoms with Crippen molar-refractivity contribution in [1.82, 2.24) is 15.3 Å².